The molecule has 7 heteroatoms. The van der Waals surface area contributed by atoms with Crippen LogP contribution in [0.5, 0.6) is 0 Å². The number of hydrogen-bond acceptors (Lipinski definition) is 3. The quantitative estimate of drug-likeness (QED) is 0.649. The summed E-state index contributed by atoms with van der Waals surface area (Å²) in [6.45, 7) is 2.89. The van der Waals surface area contributed by atoms with E-state index in [4.69, 9.17) is 23.1 Å². The maximum Gasteiger partial charge on any atom is 0.312 e. The van der Waals surface area contributed by atoms with Gasteiger partial charge in [0.05, 0.1) is 12.5 Å². The number of nitrogens with two attached hydrogens (primary N) is 2. The number of carbonyl (C=O) groups excluding carboxylic acids is 2. The number of primary amides is 1. The van der Waals surface area contributed by atoms with E-state index >= 15 is 0 Å². The van der Waals surface area contributed by atoms with Gasteiger partial charge in [-0.25, -0.2) is 4.79 Å². The molecule has 0 saturated heterocycles. The first-order valence-corrected chi connectivity index (χ1v) is 8.70. The Morgan fingerprint density at radius 3 is 2.46 bits per heavy atom. The largest absolute Gasteiger partial charge is 0.399 e. The van der Waals surface area contributed by atoms with Crippen LogP contribution in [-0.4, -0.2) is 23.4 Å². The average molecular weight is 375 g/mol. The second-order valence-electron chi connectivity index (χ2n) is 5.97. The molecule has 3 amide bonds. The van der Waals surface area contributed by atoms with Crippen LogP contribution in [0.3, 0.4) is 0 Å². The topological polar surface area (TPSA) is 101 Å². The second-order valence-corrected chi connectivity index (χ2v) is 6.41. The standard InChI is InChI=1S/C19H23ClN4O2/c1-2-24(12-13-4-3-5-15(20)10-13)18(25)11-17(23-19(22)26)14-6-8-16(21)9-7-14/h3-10,17H,2,11-12,21H2,1H3,(H3,22,23,26). The van der Waals surface area contributed by atoms with E-state index in [1.54, 1.807) is 35.2 Å². The first-order valence-electron chi connectivity index (χ1n) is 8.32. The van der Waals surface area contributed by atoms with E-state index in [1.807, 2.05) is 25.1 Å². The van der Waals surface area contributed by atoms with Crippen LogP contribution in [0.1, 0.15) is 30.5 Å². The lowest BCUT2D eigenvalue weighted by molar-refractivity contribution is -0.132. The highest BCUT2D eigenvalue weighted by atomic mass is 35.5. The molecule has 0 fully saturated rings. The number of halogens is 1. The molecule has 0 saturated carbocycles. The maximum atomic E-state index is 12.8. The summed E-state index contributed by atoms with van der Waals surface area (Å²) in [6.07, 6.45) is 0.0985. The van der Waals surface area contributed by atoms with E-state index in [0.717, 1.165) is 11.1 Å². The van der Waals surface area contributed by atoms with Crippen LogP contribution in [0.2, 0.25) is 5.02 Å². The van der Waals surface area contributed by atoms with Gasteiger partial charge < -0.3 is 21.7 Å². The first kappa shape index (κ1) is 19.6. The number of anilines is 1. The molecule has 0 aliphatic rings. The number of nitrogens with zero attached hydrogens (tertiary/aromatic N) is 1. The zero-order chi connectivity index (χ0) is 19.1. The highest BCUT2D eigenvalue weighted by Gasteiger charge is 2.21. The fraction of sp³-hybridized carbons (Fsp3) is 0.263. The molecule has 26 heavy (non-hydrogen) atoms. The number of benzene rings is 2. The third-order valence-corrected chi connectivity index (χ3v) is 4.27. The van der Waals surface area contributed by atoms with Gasteiger partial charge in [0.1, 0.15) is 0 Å². The molecule has 0 aliphatic carbocycles. The zero-order valence-corrected chi connectivity index (χ0v) is 15.4. The van der Waals surface area contributed by atoms with Crippen LogP contribution in [0.15, 0.2) is 48.5 Å². The number of carbonyl (C=O) groups is 2. The zero-order valence-electron chi connectivity index (χ0n) is 14.6. The van der Waals surface area contributed by atoms with Crippen LogP contribution in [-0.2, 0) is 11.3 Å². The average Bonchev–Trinajstić information content (AvgIpc) is 2.59. The third kappa shape index (κ3) is 5.67. The molecule has 0 spiro atoms. The molecular formula is C19H23ClN4O2. The molecule has 1 unspecified atom stereocenters. The monoisotopic (exact) mass is 374 g/mol. The van der Waals surface area contributed by atoms with Crippen molar-refractivity contribution in [3.8, 4) is 0 Å². The SMILES string of the molecule is CCN(Cc1cccc(Cl)c1)C(=O)CC(NC(N)=O)c1ccc(N)cc1. The molecule has 0 radical (unpaired) electrons. The van der Waals surface area contributed by atoms with Crippen LogP contribution in [0, 0.1) is 0 Å². The van der Waals surface area contributed by atoms with E-state index in [1.165, 1.54) is 0 Å². The third-order valence-electron chi connectivity index (χ3n) is 4.03. The summed E-state index contributed by atoms with van der Waals surface area (Å²) in [7, 11) is 0. The van der Waals surface area contributed by atoms with Gasteiger partial charge >= 0.3 is 6.03 Å². The van der Waals surface area contributed by atoms with E-state index < -0.39 is 12.1 Å². The Bertz CT molecular complexity index is 764. The van der Waals surface area contributed by atoms with Gasteiger partial charge in [-0.2, -0.15) is 0 Å². The molecule has 0 heterocycles. The van der Waals surface area contributed by atoms with Crippen molar-refractivity contribution in [2.75, 3.05) is 12.3 Å². The van der Waals surface area contributed by atoms with Crippen molar-refractivity contribution in [2.45, 2.75) is 25.9 Å². The lowest BCUT2D eigenvalue weighted by atomic mass is 10.0. The first-order chi connectivity index (χ1) is 12.4. The minimum absolute atomic E-state index is 0.0944. The van der Waals surface area contributed by atoms with E-state index in [-0.39, 0.29) is 12.3 Å². The van der Waals surface area contributed by atoms with Gasteiger partial charge in [-0.1, -0.05) is 35.9 Å². The number of nitrogens with one attached hydrogen (secondary N) is 1. The summed E-state index contributed by atoms with van der Waals surface area (Å²) in [4.78, 5) is 25.8. The lowest BCUT2D eigenvalue weighted by Crippen LogP contribution is -2.38. The number of urea groups is 1. The Morgan fingerprint density at radius 2 is 1.88 bits per heavy atom. The van der Waals surface area contributed by atoms with E-state index in [0.29, 0.717) is 23.8 Å². The lowest BCUT2D eigenvalue weighted by Gasteiger charge is -2.25. The molecule has 138 valence electrons. The molecule has 2 aromatic carbocycles. The Balaban J connectivity index is 2.13. The summed E-state index contributed by atoms with van der Waals surface area (Å²) >= 11 is 6.01. The van der Waals surface area contributed by atoms with Crippen molar-refractivity contribution in [3.63, 3.8) is 0 Å². The normalized spacial score (nSPS) is 11.6. The summed E-state index contributed by atoms with van der Waals surface area (Å²) in [5.41, 5.74) is 13.3. The summed E-state index contributed by atoms with van der Waals surface area (Å²) in [5.74, 6) is -0.0944. The molecular weight excluding hydrogens is 352 g/mol. The van der Waals surface area contributed by atoms with Crippen LogP contribution < -0.4 is 16.8 Å². The summed E-state index contributed by atoms with van der Waals surface area (Å²) in [6, 6.07) is 13.2. The Labute approximate surface area is 158 Å². The van der Waals surface area contributed by atoms with Crippen LogP contribution >= 0.6 is 11.6 Å². The van der Waals surface area contributed by atoms with Gasteiger partial charge in [0, 0.05) is 23.8 Å². The molecule has 5 N–H and O–H groups in total. The molecule has 1 atom stereocenters. The van der Waals surface area contributed by atoms with Gasteiger partial charge in [0.15, 0.2) is 0 Å². The van der Waals surface area contributed by atoms with Crippen LogP contribution in [0.25, 0.3) is 0 Å². The smallest absolute Gasteiger partial charge is 0.312 e. The summed E-state index contributed by atoms with van der Waals surface area (Å²) < 4.78 is 0. The molecule has 0 bridgehead atoms. The van der Waals surface area contributed by atoms with Gasteiger partial charge in [-0.3, -0.25) is 4.79 Å². The van der Waals surface area contributed by atoms with Crippen molar-refractivity contribution < 1.29 is 9.59 Å². The number of rotatable bonds is 7. The number of nitrogen functional groups attached to an aromatic ring is 1. The Kier molecular flexibility index (Phi) is 6.86. The minimum atomic E-state index is -0.683. The second kappa shape index (κ2) is 9.10. The van der Waals surface area contributed by atoms with Gasteiger partial charge in [0.2, 0.25) is 5.91 Å². The van der Waals surface area contributed by atoms with Crippen molar-refractivity contribution in [3.05, 3.63) is 64.7 Å². The van der Waals surface area contributed by atoms with Gasteiger partial charge in [-0.05, 0) is 42.3 Å². The predicted octanol–water partition coefficient (Wildman–Crippen LogP) is 3.07. The predicted molar refractivity (Wildman–Crippen MR) is 103 cm³/mol. The number of hydrogen-bond donors (Lipinski definition) is 3. The molecule has 0 aromatic heterocycles. The van der Waals surface area contributed by atoms with Crippen LogP contribution in [0.4, 0.5) is 10.5 Å². The molecule has 2 aromatic rings. The summed E-state index contributed by atoms with van der Waals surface area (Å²) in [5, 5.41) is 3.25. The van der Waals surface area contributed by atoms with Crippen molar-refractivity contribution >= 4 is 29.2 Å². The van der Waals surface area contributed by atoms with Crippen molar-refractivity contribution in [1.29, 1.82) is 0 Å². The number of amides is 3. The maximum absolute atomic E-state index is 12.8. The highest BCUT2D eigenvalue weighted by Crippen LogP contribution is 2.20. The van der Waals surface area contributed by atoms with E-state index in [2.05, 4.69) is 5.32 Å². The highest BCUT2D eigenvalue weighted by molar-refractivity contribution is 6.30. The van der Waals surface area contributed by atoms with Crippen molar-refractivity contribution in [1.82, 2.24) is 10.2 Å². The Morgan fingerprint density at radius 1 is 1.19 bits per heavy atom. The Hall–Kier alpha value is -2.73. The molecule has 6 nitrogen and oxygen atoms in total. The minimum Gasteiger partial charge on any atom is -0.399 e. The fourth-order valence-corrected chi connectivity index (χ4v) is 2.90. The fourth-order valence-electron chi connectivity index (χ4n) is 2.69. The molecule has 2 rings (SSSR count). The van der Waals surface area contributed by atoms with Crippen molar-refractivity contribution in [2.24, 2.45) is 5.73 Å². The molecule has 0 aliphatic heterocycles. The van der Waals surface area contributed by atoms with E-state index in [9.17, 15) is 9.59 Å². The van der Waals surface area contributed by atoms with Gasteiger partial charge in [-0.15, -0.1) is 0 Å². The van der Waals surface area contributed by atoms with Gasteiger partial charge in [0.25, 0.3) is 0 Å².